The average molecular weight is 309 g/mol. The standard InChI is InChI=1S/C16H21ClN2S/c1-11-9-15-14(10-13(11)17)18-16(19-20(15,2)3)12-7-5-4-6-8-12/h4-5,9-10,12,16,18-19H,2-3,6-8H2,1H3. The zero-order valence-electron chi connectivity index (χ0n) is 11.8. The third kappa shape index (κ3) is 2.50. The lowest BCUT2D eigenvalue weighted by atomic mass is 9.91. The Morgan fingerprint density at radius 2 is 2.10 bits per heavy atom. The molecule has 4 heteroatoms. The Hall–Kier alpha value is -0.900. The van der Waals surface area contributed by atoms with Crippen molar-refractivity contribution in [2.75, 3.05) is 5.32 Å². The second-order valence-corrected chi connectivity index (χ2v) is 8.62. The van der Waals surface area contributed by atoms with Crippen LogP contribution in [0.25, 0.3) is 0 Å². The number of aryl methyl sites for hydroxylation is 1. The van der Waals surface area contributed by atoms with E-state index in [9.17, 15) is 0 Å². The molecule has 0 bridgehead atoms. The summed E-state index contributed by atoms with van der Waals surface area (Å²) in [4.78, 5) is 1.17. The topological polar surface area (TPSA) is 24.1 Å². The van der Waals surface area contributed by atoms with E-state index in [1.54, 1.807) is 0 Å². The Morgan fingerprint density at radius 1 is 1.30 bits per heavy atom. The first-order valence-corrected chi connectivity index (χ1v) is 9.31. The van der Waals surface area contributed by atoms with Gasteiger partial charge in [0, 0.05) is 9.92 Å². The highest BCUT2D eigenvalue weighted by atomic mass is 35.5. The summed E-state index contributed by atoms with van der Waals surface area (Å²) in [5.74, 6) is 9.28. The van der Waals surface area contributed by atoms with E-state index in [-0.39, 0.29) is 6.17 Å². The monoisotopic (exact) mass is 308 g/mol. The third-order valence-corrected chi connectivity index (χ3v) is 6.42. The van der Waals surface area contributed by atoms with Crippen LogP contribution in [0.2, 0.25) is 5.02 Å². The van der Waals surface area contributed by atoms with Crippen LogP contribution in [0, 0.1) is 12.8 Å². The number of hydrogen-bond acceptors (Lipinski definition) is 2. The molecule has 0 fully saturated rings. The highest BCUT2D eigenvalue weighted by Gasteiger charge is 2.28. The zero-order valence-corrected chi connectivity index (χ0v) is 13.4. The highest BCUT2D eigenvalue weighted by Crippen LogP contribution is 2.43. The summed E-state index contributed by atoms with van der Waals surface area (Å²) in [6.07, 6.45) is 8.24. The maximum Gasteiger partial charge on any atom is 0.0885 e. The molecule has 2 N–H and O–H groups in total. The van der Waals surface area contributed by atoms with Gasteiger partial charge >= 0.3 is 0 Å². The molecule has 0 spiro atoms. The molecular weight excluding hydrogens is 288 g/mol. The van der Waals surface area contributed by atoms with Gasteiger partial charge in [-0.25, -0.2) is 4.72 Å². The van der Waals surface area contributed by atoms with E-state index in [1.165, 1.54) is 11.3 Å². The quantitative estimate of drug-likeness (QED) is 0.597. The number of benzene rings is 1. The lowest BCUT2D eigenvalue weighted by Crippen LogP contribution is -2.44. The third-order valence-electron chi connectivity index (χ3n) is 4.13. The van der Waals surface area contributed by atoms with Gasteiger partial charge in [-0.3, -0.25) is 0 Å². The number of allylic oxidation sites excluding steroid dienone is 2. The Bertz CT molecular complexity index is 661. The minimum atomic E-state index is -1.48. The molecule has 3 rings (SSSR count). The van der Waals surface area contributed by atoms with Crippen LogP contribution in [0.3, 0.4) is 0 Å². The predicted octanol–water partition coefficient (Wildman–Crippen LogP) is 4.29. The summed E-state index contributed by atoms with van der Waals surface area (Å²) in [5.41, 5.74) is 2.18. The van der Waals surface area contributed by atoms with Gasteiger partial charge in [0.05, 0.1) is 11.9 Å². The maximum absolute atomic E-state index is 6.27. The second kappa shape index (κ2) is 5.14. The highest BCUT2D eigenvalue weighted by molar-refractivity contribution is 8.26. The maximum atomic E-state index is 6.27. The fourth-order valence-corrected chi connectivity index (χ4v) is 4.90. The van der Waals surface area contributed by atoms with Gasteiger partial charge in [-0.15, -0.1) is 9.39 Å². The molecule has 2 nitrogen and oxygen atoms in total. The van der Waals surface area contributed by atoms with Gasteiger partial charge in [0.2, 0.25) is 0 Å². The van der Waals surface area contributed by atoms with E-state index < -0.39 is 9.39 Å². The van der Waals surface area contributed by atoms with Crippen LogP contribution in [0.5, 0.6) is 0 Å². The molecule has 0 amide bonds. The van der Waals surface area contributed by atoms with Crippen LogP contribution < -0.4 is 10.0 Å². The van der Waals surface area contributed by atoms with Crippen LogP contribution in [0.1, 0.15) is 24.8 Å². The number of halogens is 1. The van der Waals surface area contributed by atoms with Gasteiger partial charge in [0.15, 0.2) is 0 Å². The van der Waals surface area contributed by atoms with Crippen molar-refractivity contribution in [1.29, 1.82) is 0 Å². The van der Waals surface area contributed by atoms with Gasteiger partial charge in [-0.1, -0.05) is 35.5 Å². The van der Waals surface area contributed by atoms with Crippen LogP contribution >= 0.6 is 21.0 Å². The number of hydrogen-bond donors (Lipinski definition) is 2. The van der Waals surface area contributed by atoms with Gasteiger partial charge in [0.1, 0.15) is 0 Å². The Kier molecular flexibility index (Phi) is 3.61. The van der Waals surface area contributed by atoms with Crippen molar-refractivity contribution in [2.24, 2.45) is 5.92 Å². The van der Waals surface area contributed by atoms with Crippen molar-refractivity contribution in [3.8, 4) is 0 Å². The first kappa shape index (κ1) is 14.1. The molecular formula is C16H21ClN2S. The molecule has 0 saturated heterocycles. The summed E-state index contributed by atoms with van der Waals surface area (Å²) in [5, 5.41) is 4.40. The van der Waals surface area contributed by atoms with E-state index >= 15 is 0 Å². The van der Waals surface area contributed by atoms with E-state index in [4.69, 9.17) is 11.6 Å². The predicted molar refractivity (Wildman–Crippen MR) is 93.3 cm³/mol. The van der Waals surface area contributed by atoms with Crippen LogP contribution in [0.4, 0.5) is 5.69 Å². The summed E-state index contributed by atoms with van der Waals surface area (Å²) in [7, 11) is -1.48. The lowest BCUT2D eigenvalue weighted by Gasteiger charge is -2.39. The Balaban J connectivity index is 1.98. The van der Waals surface area contributed by atoms with Gasteiger partial charge in [-0.05, 0) is 49.8 Å². The molecule has 1 aliphatic heterocycles. The Morgan fingerprint density at radius 3 is 2.80 bits per heavy atom. The van der Waals surface area contributed by atoms with Crippen molar-refractivity contribution >= 4 is 38.4 Å². The summed E-state index contributed by atoms with van der Waals surface area (Å²) >= 11 is 6.27. The molecule has 1 aliphatic carbocycles. The average Bonchev–Trinajstić information content (AvgIpc) is 2.41. The van der Waals surface area contributed by atoms with Crippen LogP contribution in [-0.2, 0) is 0 Å². The molecule has 1 heterocycles. The molecule has 20 heavy (non-hydrogen) atoms. The van der Waals surface area contributed by atoms with Gasteiger partial charge < -0.3 is 5.32 Å². The molecule has 2 aliphatic rings. The molecule has 1 aromatic carbocycles. The summed E-state index contributed by atoms with van der Waals surface area (Å²) < 4.78 is 3.64. The van der Waals surface area contributed by atoms with E-state index in [1.807, 2.05) is 13.0 Å². The largest absolute Gasteiger partial charge is 0.368 e. The van der Waals surface area contributed by atoms with Crippen molar-refractivity contribution in [3.63, 3.8) is 0 Å². The minimum Gasteiger partial charge on any atom is -0.368 e. The fraction of sp³-hybridized carbons (Fsp3) is 0.375. The van der Waals surface area contributed by atoms with Gasteiger partial charge in [0.25, 0.3) is 0 Å². The minimum absolute atomic E-state index is 0.233. The smallest absolute Gasteiger partial charge is 0.0885 e. The van der Waals surface area contributed by atoms with E-state index in [0.717, 1.165) is 29.1 Å². The SMILES string of the molecule is C=S1(=C)NC(C2CC=CCC2)Nc2cc(Cl)c(C)cc21. The lowest BCUT2D eigenvalue weighted by molar-refractivity contribution is 0.397. The number of anilines is 1. The number of fused-ring (bicyclic) bond motifs is 1. The molecule has 2 atom stereocenters. The van der Waals surface area contributed by atoms with Crippen molar-refractivity contribution in [3.05, 3.63) is 34.9 Å². The Labute approximate surface area is 126 Å². The fourth-order valence-electron chi connectivity index (χ4n) is 2.93. The molecule has 0 saturated carbocycles. The second-order valence-electron chi connectivity index (χ2n) is 5.77. The van der Waals surface area contributed by atoms with E-state index in [2.05, 4.69) is 40.0 Å². The zero-order chi connectivity index (χ0) is 14.3. The van der Waals surface area contributed by atoms with Crippen molar-refractivity contribution < 1.29 is 0 Å². The first-order valence-electron chi connectivity index (χ1n) is 6.96. The van der Waals surface area contributed by atoms with Crippen LogP contribution in [0.15, 0.2) is 29.2 Å². The molecule has 0 radical (unpaired) electrons. The van der Waals surface area contributed by atoms with E-state index in [0.29, 0.717) is 5.92 Å². The molecule has 108 valence electrons. The number of nitrogens with one attached hydrogen (secondary N) is 2. The molecule has 1 aromatic rings. The molecule has 0 aromatic heterocycles. The first-order chi connectivity index (χ1) is 9.47. The summed E-state index contributed by atoms with van der Waals surface area (Å²) in [6.45, 7) is 2.02. The molecule has 2 unspecified atom stereocenters. The van der Waals surface area contributed by atoms with Gasteiger partial charge in [-0.2, -0.15) is 0 Å². The van der Waals surface area contributed by atoms with Crippen molar-refractivity contribution in [2.45, 2.75) is 37.2 Å². The number of rotatable bonds is 1. The van der Waals surface area contributed by atoms with Crippen molar-refractivity contribution in [1.82, 2.24) is 4.72 Å². The normalized spacial score (nSPS) is 27.7. The van der Waals surface area contributed by atoms with Crippen LogP contribution in [-0.4, -0.2) is 17.9 Å². The summed E-state index contributed by atoms with van der Waals surface area (Å²) in [6, 6.07) is 4.14.